The Kier molecular flexibility index (Phi) is 3.08. The molecule has 1 heterocycles. The highest BCUT2D eigenvalue weighted by Crippen LogP contribution is 2.21. The average Bonchev–Trinajstić information content (AvgIpc) is 2.74. The summed E-state index contributed by atoms with van der Waals surface area (Å²) in [4.78, 5) is 0.818. The molecule has 0 radical (unpaired) electrons. The predicted octanol–water partition coefficient (Wildman–Crippen LogP) is 2.12. The van der Waals surface area contributed by atoms with Crippen molar-refractivity contribution in [1.29, 1.82) is 0 Å². The molecular weight excluding hydrogens is 208 g/mol. The van der Waals surface area contributed by atoms with E-state index in [0.717, 1.165) is 4.88 Å². The lowest BCUT2D eigenvalue weighted by atomic mass is 10.0. The number of rotatable bonds is 3. The van der Waals surface area contributed by atoms with Crippen LogP contribution < -0.4 is 0 Å². The second kappa shape index (κ2) is 4.51. The van der Waals surface area contributed by atoms with Crippen LogP contribution in [0.1, 0.15) is 22.1 Å². The van der Waals surface area contributed by atoms with E-state index in [4.69, 9.17) is 0 Å². The van der Waals surface area contributed by atoms with Gasteiger partial charge in [0.1, 0.15) is 0 Å². The molecule has 0 aliphatic carbocycles. The molecule has 2 rings (SSSR count). The highest BCUT2D eigenvalue weighted by molar-refractivity contribution is 7.05. The minimum Gasteiger partial charge on any atom is -0.387 e. The van der Waals surface area contributed by atoms with Crippen LogP contribution in [0.5, 0.6) is 0 Å². The van der Waals surface area contributed by atoms with E-state index in [9.17, 15) is 5.11 Å². The van der Waals surface area contributed by atoms with Crippen molar-refractivity contribution >= 4 is 11.5 Å². The summed E-state index contributed by atoms with van der Waals surface area (Å²) < 4.78 is 3.74. The number of hydrogen-bond acceptors (Lipinski definition) is 4. The summed E-state index contributed by atoms with van der Waals surface area (Å²) in [5, 5.41) is 13.6. The van der Waals surface area contributed by atoms with Gasteiger partial charge in [-0.15, -0.1) is 5.10 Å². The molecule has 2 aromatic rings. The van der Waals surface area contributed by atoms with Crippen LogP contribution in [0.15, 0.2) is 30.5 Å². The van der Waals surface area contributed by atoms with Gasteiger partial charge in [-0.25, -0.2) is 0 Å². The lowest BCUT2D eigenvalue weighted by Gasteiger charge is -2.09. The molecule has 0 bridgehead atoms. The standard InChI is InChI=1S/C11H12N2OS/c1-8-4-2-3-5-9(8)6-10(14)11-7-12-13-15-11/h2-5,7,10,14H,6H2,1H3. The molecule has 0 fully saturated rings. The molecule has 1 aromatic heterocycles. The number of nitrogens with zero attached hydrogens (tertiary/aromatic N) is 2. The largest absolute Gasteiger partial charge is 0.387 e. The molecule has 0 aliphatic heterocycles. The lowest BCUT2D eigenvalue weighted by molar-refractivity contribution is 0.182. The van der Waals surface area contributed by atoms with Gasteiger partial charge in [0.15, 0.2) is 0 Å². The minimum atomic E-state index is -0.494. The van der Waals surface area contributed by atoms with Gasteiger partial charge in [0.2, 0.25) is 0 Å². The van der Waals surface area contributed by atoms with Gasteiger partial charge in [-0.2, -0.15) is 0 Å². The zero-order chi connectivity index (χ0) is 10.7. The summed E-state index contributed by atoms with van der Waals surface area (Å²) in [5.41, 5.74) is 2.37. The van der Waals surface area contributed by atoms with Crippen molar-refractivity contribution in [3.63, 3.8) is 0 Å². The topological polar surface area (TPSA) is 46.0 Å². The van der Waals surface area contributed by atoms with Gasteiger partial charge < -0.3 is 5.11 Å². The fourth-order valence-corrected chi connectivity index (χ4v) is 1.96. The van der Waals surface area contributed by atoms with Gasteiger partial charge >= 0.3 is 0 Å². The van der Waals surface area contributed by atoms with Crippen LogP contribution in [-0.4, -0.2) is 14.7 Å². The number of aliphatic hydroxyl groups is 1. The van der Waals surface area contributed by atoms with E-state index in [1.54, 1.807) is 6.20 Å². The van der Waals surface area contributed by atoms with Crippen LogP contribution in [0.2, 0.25) is 0 Å². The second-order valence-corrected chi connectivity index (χ2v) is 4.28. The van der Waals surface area contributed by atoms with Crippen molar-refractivity contribution < 1.29 is 5.11 Å². The summed E-state index contributed by atoms with van der Waals surface area (Å²) in [7, 11) is 0. The van der Waals surface area contributed by atoms with E-state index in [-0.39, 0.29) is 0 Å². The van der Waals surface area contributed by atoms with Crippen molar-refractivity contribution in [3.05, 3.63) is 46.5 Å². The van der Waals surface area contributed by atoms with Gasteiger partial charge in [-0.3, -0.25) is 0 Å². The Labute approximate surface area is 92.6 Å². The molecule has 15 heavy (non-hydrogen) atoms. The summed E-state index contributed by atoms with van der Waals surface area (Å²) in [5.74, 6) is 0. The third-order valence-corrected chi connectivity index (χ3v) is 3.15. The van der Waals surface area contributed by atoms with E-state index in [1.165, 1.54) is 22.7 Å². The van der Waals surface area contributed by atoms with Crippen molar-refractivity contribution in [1.82, 2.24) is 9.59 Å². The highest BCUT2D eigenvalue weighted by atomic mass is 32.1. The molecule has 0 amide bonds. The maximum absolute atomic E-state index is 9.92. The van der Waals surface area contributed by atoms with Crippen molar-refractivity contribution in [3.8, 4) is 0 Å². The normalized spacial score (nSPS) is 12.7. The quantitative estimate of drug-likeness (QED) is 0.861. The molecule has 1 atom stereocenters. The molecule has 0 saturated heterocycles. The third kappa shape index (κ3) is 2.40. The summed E-state index contributed by atoms with van der Waals surface area (Å²) in [6.07, 6.45) is 1.75. The molecule has 78 valence electrons. The monoisotopic (exact) mass is 220 g/mol. The molecular formula is C11H12N2OS. The van der Waals surface area contributed by atoms with E-state index >= 15 is 0 Å². The van der Waals surface area contributed by atoms with E-state index < -0.39 is 6.10 Å². The summed E-state index contributed by atoms with van der Waals surface area (Å²) in [6, 6.07) is 8.07. The Morgan fingerprint density at radius 2 is 2.20 bits per heavy atom. The molecule has 0 aliphatic rings. The minimum absolute atomic E-state index is 0.494. The van der Waals surface area contributed by atoms with Gasteiger partial charge in [-0.1, -0.05) is 28.8 Å². The Hall–Kier alpha value is -1.26. The van der Waals surface area contributed by atoms with Crippen molar-refractivity contribution in [2.24, 2.45) is 0 Å². The first kappa shape index (κ1) is 10.3. The zero-order valence-corrected chi connectivity index (χ0v) is 9.24. The molecule has 1 unspecified atom stereocenters. The Bertz CT molecular complexity index is 428. The van der Waals surface area contributed by atoms with E-state index in [2.05, 4.69) is 9.59 Å². The first-order valence-electron chi connectivity index (χ1n) is 4.77. The van der Waals surface area contributed by atoms with Gasteiger partial charge in [0.05, 0.1) is 17.2 Å². The number of aryl methyl sites for hydroxylation is 1. The van der Waals surface area contributed by atoms with Crippen LogP contribution >= 0.6 is 11.5 Å². The van der Waals surface area contributed by atoms with E-state index in [0.29, 0.717) is 6.42 Å². The molecule has 0 saturated carbocycles. The Balaban J connectivity index is 2.13. The van der Waals surface area contributed by atoms with Crippen LogP contribution in [0, 0.1) is 6.92 Å². The molecule has 0 spiro atoms. The van der Waals surface area contributed by atoms with Crippen LogP contribution in [0.3, 0.4) is 0 Å². The summed E-state index contributed by atoms with van der Waals surface area (Å²) >= 11 is 1.25. The lowest BCUT2D eigenvalue weighted by Crippen LogP contribution is -2.01. The SMILES string of the molecule is Cc1ccccc1CC(O)c1cnns1. The van der Waals surface area contributed by atoms with Crippen molar-refractivity contribution in [2.45, 2.75) is 19.4 Å². The van der Waals surface area contributed by atoms with Crippen LogP contribution in [-0.2, 0) is 6.42 Å². The smallest absolute Gasteiger partial charge is 0.0954 e. The Morgan fingerprint density at radius 3 is 2.87 bits per heavy atom. The van der Waals surface area contributed by atoms with Crippen LogP contribution in [0.4, 0.5) is 0 Å². The maximum atomic E-state index is 9.92. The number of aromatic nitrogens is 2. The third-order valence-electron chi connectivity index (χ3n) is 2.38. The highest BCUT2D eigenvalue weighted by Gasteiger charge is 2.11. The molecule has 3 nitrogen and oxygen atoms in total. The predicted molar refractivity (Wildman–Crippen MR) is 59.8 cm³/mol. The van der Waals surface area contributed by atoms with Crippen LogP contribution in [0.25, 0.3) is 0 Å². The second-order valence-electron chi connectivity index (χ2n) is 3.47. The van der Waals surface area contributed by atoms with E-state index in [1.807, 2.05) is 31.2 Å². The number of aliphatic hydroxyl groups excluding tert-OH is 1. The van der Waals surface area contributed by atoms with Gasteiger partial charge in [0.25, 0.3) is 0 Å². The fourth-order valence-electron chi connectivity index (χ4n) is 1.47. The van der Waals surface area contributed by atoms with Gasteiger partial charge in [-0.05, 0) is 29.6 Å². The fraction of sp³-hybridized carbons (Fsp3) is 0.273. The first-order valence-corrected chi connectivity index (χ1v) is 5.54. The number of benzene rings is 1. The maximum Gasteiger partial charge on any atom is 0.0954 e. The zero-order valence-electron chi connectivity index (χ0n) is 8.42. The van der Waals surface area contributed by atoms with Crippen molar-refractivity contribution in [2.75, 3.05) is 0 Å². The first-order chi connectivity index (χ1) is 7.27. The number of hydrogen-bond donors (Lipinski definition) is 1. The molecule has 1 aromatic carbocycles. The summed E-state index contributed by atoms with van der Waals surface area (Å²) in [6.45, 7) is 2.05. The van der Waals surface area contributed by atoms with Gasteiger partial charge in [0, 0.05) is 6.42 Å². The molecule has 4 heteroatoms. The average molecular weight is 220 g/mol. The molecule has 1 N–H and O–H groups in total. The Morgan fingerprint density at radius 1 is 1.40 bits per heavy atom.